The monoisotopic (exact) mass is 533 g/mol. The Bertz CT molecular complexity index is 1390. The van der Waals surface area contributed by atoms with Crippen molar-refractivity contribution >= 4 is 40.4 Å². The summed E-state index contributed by atoms with van der Waals surface area (Å²) in [6, 6.07) is 13.2. The molecule has 0 aliphatic carbocycles. The summed E-state index contributed by atoms with van der Waals surface area (Å²) >= 11 is 6.34. The molecule has 8 nitrogen and oxygen atoms in total. The van der Waals surface area contributed by atoms with E-state index in [9.17, 15) is 14.7 Å². The third kappa shape index (κ3) is 4.56. The van der Waals surface area contributed by atoms with Crippen LogP contribution in [0, 0.1) is 0 Å². The normalized spacial score (nSPS) is 19.1. The second-order valence-electron chi connectivity index (χ2n) is 9.21. The third-order valence-electron chi connectivity index (χ3n) is 7.02. The molecule has 0 bridgehead atoms. The van der Waals surface area contributed by atoms with Crippen LogP contribution in [0.2, 0.25) is 5.02 Å². The first-order valence-corrected chi connectivity index (χ1v) is 12.8. The van der Waals surface area contributed by atoms with Crippen molar-refractivity contribution in [3.05, 3.63) is 82.6 Å². The number of ether oxygens (including phenoxy) is 2. The highest BCUT2D eigenvalue weighted by atomic mass is 35.5. The van der Waals surface area contributed by atoms with E-state index in [1.807, 2.05) is 24.3 Å². The number of amides is 1. The van der Waals surface area contributed by atoms with Gasteiger partial charge in [0.25, 0.3) is 11.7 Å². The van der Waals surface area contributed by atoms with Gasteiger partial charge in [-0.2, -0.15) is 0 Å². The molecule has 2 fully saturated rings. The number of aliphatic hydroxyl groups is 1. The number of benzene rings is 2. The average molecular weight is 534 g/mol. The molecule has 5 rings (SSSR count). The number of pyridine rings is 1. The summed E-state index contributed by atoms with van der Waals surface area (Å²) in [5.74, 6) is -1.37. The van der Waals surface area contributed by atoms with Crippen LogP contribution in [0.4, 0.5) is 11.4 Å². The highest BCUT2D eigenvalue weighted by molar-refractivity contribution is 6.51. The fourth-order valence-electron chi connectivity index (χ4n) is 5.12. The Labute approximate surface area is 226 Å². The van der Waals surface area contributed by atoms with Crippen molar-refractivity contribution in [2.75, 3.05) is 37.1 Å². The zero-order chi connectivity index (χ0) is 26.8. The van der Waals surface area contributed by atoms with Gasteiger partial charge in [0.2, 0.25) is 0 Å². The molecule has 0 radical (unpaired) electrons. The minimum atomic E-state index is -0.907. The number of methoxy groups -OCH3 is 2. The Hall–Kier alpha value is -4.04. The fourth-order valence-corrected chi connectivity index (χ4v) is 5.36. The SMILES string of the molecule is COc1cc(OC)c(/C(O)=C2\C(=O)C(=O)N(c3ccc(N4CCCCC4)cc3)C2c2cccnc2)cc1Cl. The maximum Gasteiger partial charge on any atom is 0.300 e. The molecule has 1 atom stereocenters. The maximum atomic E-state index is 13.5. The van der Waals surface area contributed by atoms with Crippen molar-refractivity contribution in [2.45, 2.75) is 25.3 Å². The molecule has 3 aromatic rings. The number of aromatic nitrogens is 1. The van der Waals surface area contributed by atoms with E-state index in [0.29, 0.717) is 17.0 Å². The van der Waals surface area contributed by atoms with Gasteiger partial charge in [-0.3, -0.25) is 19.5 Å². The molecule has 0 spiro atoms. The Morgan fingerprint density at radius 3 is 2.29 bits per heavy atom. The molecule has 2 aromatic carbocycles. The lowest BCUT2D eigenvalue weighted by Crippen LogP contribution is -2.30. The first-order chi connectivity index (χ1) is 18.4. The number of Topliss-reactive ketones (excluding diaryl/α,β-unsaturated/α-hetero) is 1. The number of ketones is 1. The van der Waals surface area contributed by atoms with Gasteiger partial charge in [0.1, 0.15) is 17.3 Å². The van der Waals surface area contributed by atoms with Crippen LogP contribution < -0.4 is 19.3 Å². The molecule has 3 heterocycles. The number of carbonyl (C=O) groups excluding carboxylic acids is 2. The lowest BCUT2D eigenvalue weighted by Gasteiger charge is -2.30. The first kappa shape index (κ1) is 25.6. The molecule has 196 valence electrons. The number of aliphatic hydroxyl groups excluding tert-OH is 1. The Morgan fingerprint density at radius 1 is 0.974 bits per heavy atom. The van der Waals surface area contributed by atoms with Gasteiger partial charge < -0.3 is 19.5 Å². The number of hydrogen-bond donors (Lipinski definition) is 1. The second-order valence-corrected chi connectivity index (χ2v) is 9.61. The molecule has 1 aromatic heterocycles. The van der Waals surface area contributed by atoms with Gasteiger partial charge in [-0.1, -0.05) is 17.7 Å². The summed E-state index contributed by atoms with van der Waals surface area (Å²) < 4.78 is 10.7. The van der Waals surface area contributed by atoms with E-state index < -0.39 is 23.5 Å². The van der Waals surface area contributed by atoms with Crippen LogP contribution >= 0.6 is 11.6 Å². The molecular weight excluding hydrogens is 506 g/mol. The molecule has 2 aliphatic heterocycles. The van der Waals surface area contributed by atoms with Gasteiger partial charge in [0.15, 0.2) is 0 Å². The quantitative estimate of drug-likeness (QED) is 0.259. The van der Waals surface area contributed by atoms with Crippen molar-refractivity contribution in [2.24, 2.45) is 0 Å². The molecule has 1 amide bonds. The van der Waals surface area contributed by atoms with Crippen molar-refractivity contribution in [3.63, 3.8) is 0 Å². The van der Waals surface area contributed by atoms with Crippen molar-refractivity contribution in [3.8, 4) is 11.5 Å². The fraction of sp³-hybridized carbons (Fsp3) is 0.276. The topological polar surface area (TPSA) is 92.2 Å². The maximum absolute atomic E-state index is 13.5. The summed E-state index contributed by atoms with van der Waals surface area (Å²) in [4.78, 5) is 34.9. The summed E-state index contributed by atoms with van der Waals surface area (Å²) in [5, 5.41) is 11.7. The Balaban J connectivity index is 1.63. The molecular formula is C29H28ClN3O5. The molecule has 2 saturated heterocycles. The number of halogens is 1. The minimum absolute atomic E-state index is 0.0809. The van der Waals surface area contributed by atoms with Crippen molar-refractivity contribution in [1.82, 2.24) is 4.98 Å². The summed E-state index contributed by atoms with van der Waals surface area (Å²) in [6.07, 6.45) is 6.72. The lowest BCUT2D eigenvalue weighted by atomic mass is 9.95. The van der Waals surface area contributed by atoms with Crippen LogP contribution in [0.5, 0.6) is 11.5 Å². The van der Waals surface area contributed by atoms with E-state index in [4.69, 9.17) is 21.1 Å². The van der Waals surface area contributed by atoms with E-state index in [0.717, 1.165) is 31.6 Å². The van der Waals surface area contributed by atoms with Crippen molar-refractivity contribution < 1.29 is 24.2 Å². The molecule has 38 heavy (non-hydrogen) atoms. The van der Waals surface area contributed by atoms with Gasteiger partial charge in [-0.25, -0.2) is 0 Å². The summed E-state index contributed by atoms with van der Waals surface area (Å²) in [5.41, 5.74) is 2.28. The standard InChI is InChI=1S/C29H28ClN3O5/c1-37-23-16-24(38-2)22(30)15-21(23)27(34)25-26(18-7-6-12-31-17-18)33(29(36)28(25)35)20-10-8-19(9-11-20)32-13-4-3-5-14-32/h6-12,15-17,26,34H,3-5,13-14H2,1-2H3/b27-25+. The number of carbonyl (C=O) groups is 2. The highest BCUT2D eigenvalue weighted by Gasteiger charge is 2.47. The zero-order valence-electron chi connectivity index (χ0n) is 21.2. The van der Waals surface area contributed by atoms with Crippen LogP contribution in [-0.4, -0.2) is 49.1 Å². The van der Waals surface area contributed by atoms with E-state index in [1.54, 1.807) is 24.5 Å². The molecule has 1 N–H and O–H groups in total. The zero-order valence-corrected chi connectivity index (χ0v) is 21.9. The van der Waals surface area contributed by atoms with Gasteiger partial charge >= 0.3 is 0 Å². The van der Waals surface area contributed by atoms with E-state index in [-0.39, 0.29) is 21.9 Å². The smallest absolute Gasteiger partial charge is 0.300 e. The van der Waals surface area contributed by atoms with E-state index >= 15 is 0 Å². The minimum Gasteiger partial charge on any atom is -0.507 e. The van der Waals surface area contributed by atoms with Gasteiger partial charge in [0.05, 0.1) is 36.4 Å². The second kappa shape index (κ2) is 10.8. The molecule has 1 unspecified atom stereocenters. The number of hydrogen-bond acceptors (Lipinski definition) is 7. The summed E-state index contributed by atoms with van der Waals surface area (Å²) in [7, 11) is 2.89. The molecule has 9 heteroatoms. The number of rotatable bonds is 6. The van der Waals surface area contributed by atoms with Gasteiger partial charge in [-0.05, 0) is 61.2 Å². The molecule has 2 aliphatic rings. The number of anilines is 2. The molecule has 0 saturated carbocycles. The van der Waals surface area contributed by atoms with Crippen molar-refractivity contribution in [1.29, 1.82) is 0 Å². The van der Waals surface area contributed by atoms with Crippen LogP contribution in [0.25, 0.3) is 5.76 Å². The first-order valence-electron chi connectivity index (χ1n) is 12.4. The Morgan fingerprint density at radius 2 is 1.66 bits per heavy atom. The summed E-state index contributed by atoms with van der Waals surface area (Å²) in [6.45, 7) is 1.98. The highest BCUT2D eigenvalue weighted by Crippen LogP contribution is 2.44. The lowest BCUT2D eigenvalue weighted by molar-refractivity contribution is -0.132. The van der Waals surface area contributed by atoms with Crippen LogP contribution in [0.1, 0.15) is 36.4 Å². The van der Waals surface area contributed by atoms with E-state index in [1.165, 1.54) is 37.7 Å². The predicted molar refractivity (Wildman–Crippen MR) is 146 cm³/mol. The largest absolute Gasteiger partial charge is 0.507 e. The van der Waals surface area contributed by atoms with Crippen LogP contribution in [0.3, 0.4) is 0 Å². The number of piperidine rings is 1. The van der Waals surface area contributed by atoms with Crippen LogP contribution in [-0.2, 0) is 9.59 Å². The predicted octanol–water partition coefficient (Wildman–Crippen LogP) is 5.37. The van der Waals surface area contributed by atoms with Gasteiger partial charge in [0, 0.05) is 42.9 Å². The van der Waals surface area contributed by atoms with Crippen LogP contribution in [0.15, 0.2) is 66.5 Å². The third-order valence-corrected chi connectivity index (χ3v) is 7.32. The Kier molecular flexibility index (Phi) is 7.24. The van der Waals surface area contributed by atoms with Gasteiger partial charge in [-0.15, -0.1) is 0 Å². The van der Waals surface area contributed by atoms with E-state index in [2.05, 4.69) is 9.88 Å². The number of nitrogens with zero attached hydrogens (tertiary/aromatic N) is 3. The average Bonchev–Trinajstić information content (AvgIpc) is 3.23.